The lowest BCUT2D eigenvalue weighted by Crippen LogP contribution is -2.35. The minimum Gasteiger partial charge on any atom is -0.488 e. The van der Waals surface area contributed by atoms with Crippen molar-refractivity contribution in [3.8, 4) is 5.75 Å². The average molecular weight is 252 g/mol. The molecule has 1 aliphatic heterocycles. The predicted octanol–water partition coefficient (Wildman–Crippen LogP) is 3.18. The monoisotopic (exact) mass is 251 g/mol. The Balaban J connectivity index is 1.55. The summed E-state index contributed by atoms with van der Waals surface area (Å²) >= 11 is 5.98. The molecule has 0 radical (unpaired) electrons. The van der Waals surface area contributed by atoms with Crippen LogP contribution < -0.4 is 10.1 Å². The Morgan fingerprint density at radius 1 is 1.29 bits per heavy atom. The number of hydrogen-bond acceptors (Lipinski definition) is 2. The van der Waals surface area contributed by atoms with Gasteiger partial charge < -0.3 is 10.1 Å². The van der Waals surface area contributed by atoms with Gasteiger partial charge in [-0.3, -0.25) is 0 Å². The molecule has 2 nitrogen and oxygen atoms in total. The number of fused-ring (bicyclic) bond motifs is 1. The van der Waals surface area contributed by atoms with Crippen molar-refractivity contribution in [3.05, 3.63) is 28.8 Å². The van der Waals surface area contributed by atoms with Gasteiger partial charge in [0.1, 0.15) is 11.9 Å². The van der Waals surface area contributed by atoms with Crippen molar-refractivity contribution in [3.63, 3.8) is 0 Å². The lowest BCUT2D eigenvalue weighted by atomic mass is 10.1. The van der Waals surface area contributed by atoms with Gasteiger partial charge in [0.15, 0.2) is 0 Å². The van der Waals surface area contributed by atoms with Gasteiger partial charge in [0, 0.05) is 24.0 Å². The molecule has 1 unspecified atom stereocenters. The van der Waals surface area contributed by atoms with E-state index in [-0.39, 0.29) is 6.10 Å². The summed E-state index contributed by atoms with van der Waals surface area (Å²) in [6, 6.07) is 6.61. The molecule has 3 heteroatoms. The van der Waals surface area contributed by atoms with Gasteiger partial charge in [-0.1, -0.05) is 24.4 Å². The zero-order valence-electron chi connectivity index (χ0n) is 9.92. The first kappa shape index (κ1) is 11.4. The Hall–Kier alpha value is -0.730. The SMILES string of the molecule is Clc1ccc2c(c1)CC(CNC1CCCC1)O2. The van der Waals surface area contributed by atoms with E-state index >= 15 is 0 Å². The Kier molecular flexibility index (Phi) is 3.26. The second kappa shape index (κ2) is 4.87. The first-order chi connectivity index (χ1) is 8.31. The number of nitrogens with one attached hydrogen (secondary N) is 1. The van der Waals surface area contributed by atoms with Gasteiger partial charge in [-0.15, -0.1) is 0 Å². The molecule has 1 fully saturated rings. The van der Waals surface area contributed by atoms with Crippen LogP contribution in [-0.2, 0) is 6.42 Å². The fourth-order valence-electron chi connectivity index (χ4n) is 2.83. The van der Waals surface area contributed by atoms with Crippen molar-refractivity contribution in [2.24, 2.45) is 0 Å². The van der Waals surface area contributed by atoms with Gasteiger partial charge in [-0.25, -0.2) is 0 Å². The third kappa shape index (κ3) is 2.58. The molecule has 0 bridgehead atoms. The molecule has 3 rings (SSSR count). The van der Waals surface area contributed by atoms with Crippen molar-refractivity contribution in [1.29, 1.82) is 0 Å². The largest absolute Gasteiger partial charge is 0.488 e. The second-order valence-electron chi connectivity index (χ2n) is 5.09. The molecule has 0 aromatic heterocycles. The van der Waals surface area contributed by atoms with E-state index in [9.17, 15) is 0 Å². The Morgan fingerprint density at radius 3 is 2.94 bits per heavy atom. The van der Waals surface area contributed by atoms with Crippen LogP contribution in [-0.4, -0.2) is 18.7 Å². The molecule has 1 heterocycles. The maximum absolute atomic E-state index is 5.98. The molecule has 1 saturated carbocycles. The van der Waals surface area contributed by atoms with Crippen molar-refractivity contribution >= 4 is 11.6 Å². The van der Waals surface area contributed by atoms with E-state index in [2.05, 4.69) is 5.32 Å². The summed E-state index contributed by atoms with van der Waals surface area (Å²) < 4.78 is 5.90. The van der Waals surface area contributed by atoms with Gasteiger partial charge in [-0.05, 0) is 36.6 Å². The minimum absolute atomic E-state index is 0.282. The summed E-state index contributed by atoms with van der Waals surface area (Å²) in [7, 11) is 0. The fourth-order valence-corrected chi connectivity index (χ4v) is 3.03. The molecule has 0 spiro atoms. The van der Waals surface area contributed by atoms with E-state index < -0.39 is 0 Å². The summed E-state index contributed by atoms with van der Waals surface area (Å²) in [5.74, 6) is 1.01. The highest BCUT2D eigenvalue weighted by molar-refractivity contribution is 6.30. The lowest BCUT2D eigenvalue weighted by molar-refractivity contribution is 0.221. The summed E-state index contributed by atoms with van der Waals surface area (Å²) in [6.45, 7) is 0.955. The number of halogens is 1. The van der Waals surface area contributed by atoms with Gasteiger partial charge in [0.2, 0.25) is 0 Å². The average Bonchev–Trinajstić information content (AvgIpc) is 2.94. The number of ether oxygens (including phenoxy) is 1. The lowest BCUT2D eigenvalue weighted by Gasteiger charge is -2.16. The quantitative estimate of drug-likeness (QED) is 0.891. The summed E-state index contributed by atoms with van der Waals surface area (Å²) in [6.07, 6.45) is 6.66. The highest BCUT2D eigenvalue weighted by Crippen LogP contribution is 2.31. The molecule has 1 aromatic rings. The number of rotatable bonds is 3. The Morgan fingerprint density at radius 2 is 2.12 bits per heavy atom. The molecule has 0 amide bonds. The van der Waals surface area contributed by atoms with Crippen LogP contribution in [0.25, 0.3) is 0 Å². The molecule has 1 N–H and O–H groups in total. The van der Waals surface area contributed by atoms with Gasteiger partial charge in [-0.2, -0.15) is 0 Å². The topological polar surface area (TPSA) is 21.3 Å². The van der Waals surface area contributed by atoms with E-state index in [1.165, 1.54) is 31.2 Å². The van der Waals surface area contributed by atoms with Crippen LogP contribution in [0, 0.1) is 0 Å². The van der Waals surface area contributed by atoms with E-state index in [1.807, 2.05) is 18.2 Å². The van der Waals surface area contributed by atoms with Crippen LogP contribution in [0.4, 0.5) is 0 Å². The third-order valence-corrected chi connectivity index (χ3v) is 3.99. The normalized spacial score (nSPS) is 23.7. The van der Waals surface area contributed by atoms with E-state index in [4.69, 9.17) is 16.3 Å². The molecule has 1 aliphatic carbocycles. The molecule has 0 saturated heterocycles. The second-order valence-corrected chi connectivity index (χ2v) is 5.52. The van der Waals surface area contributed by atoms with Crippen LogP contribution in [0.3, 0.4) is 0 Å². The number of benzene rings is 1. The Bertz CT molecular complexity index is 401. The van der Waals surface area contributed by atoms with Crippen molar-refractivity contribution in [1.82, 2.24) is 5.32 Å². The summed E-state index contributed by atoms with van der Waals surface area (Å²) in [5, 5.41) is 4.42. The Labute approximate surface area is 107 Å². The summed E-state index contributed by atoms with van der Waals surface area (Å²) in [5.41, 5.74) is 1.25. The maximum Gasteiger partial charge on any atom is 0.123 e. The first-order valence-electron chi connectivity index (χ1n) is 6.50. The van der Waals surface area contributed by atoms with Crippen LogP contribution >= 0.6 is 11.6 Å². The standard InChI is InChI=1S/C14H18ClNO/c15-11-5-6-14-10(7-11)8-13(17-14)9-16-12-3-1-2-4-12/h5-7,12-13,16H,1-4,8-9H2. The fraction of sp³-hybridized carbons (Fsp3) is 0.571. The zero-order valence-corrected chi connectivity index (χ0v) is 10.7. The van der Waals surface area contributed by atoms with E-state index in [0.717, 1.165) is 23.7 Å². The van der Waals surface area contributed by atoms with Gasteiger partial charge in [0.25, 0.3) is 0 Å². The van der Waals surface area contributed by atoms with Crippen LogP contribution in [0.5, 0.6) is 5.75 Å². The molecule has 1 aromatic carbocycles. The summed E-state index contributed by atoms with van der Waals surface area (Å²) in [4.78, 5) is 0. The van der Waals surface area contributed by atoms with Gasteiger partial charge >= 0.3 is 0 Å². The molecule has 17 heavy (non-hydrogen) atoms. The highest BCUT2D eigenvalue weighted by Gasteiger charge is 2.24. The maximum atomic E-state index is 5.98. The molecular formula is C14H18ClNO. The van der Waals surface area contributed by atoms with E-state index in [1.54, 1.807) is 0 Å². The minimum atomic E-state index is 0.282. The van der Waals surface area contributed by atoms with Crippen molar-refractivity contribution in [2.75, 3.05) is 6.54 Å². The van der Waals surface area contributed by atoms with Crippen LogP contribution in [0.1, 0.15) is 31.2 Å². The predicted molar refractivity (Wildman–Crippen MR) is 69.8 cm³/mol. The molecule has 1 atom stereocenters. The van der Waals surface area contributed by atoms with Crippen molar-refractivity contribution in [2.45, 2.75) is 44.2 Å². The third-order valence-electron chi connectivity index (χ3n) is 3.75. The zero-order chi connectivity index (χ0) is 11.7. The smallest absolute Gasteiger partial charge is 0.123 e. The van der Waals surface area contributed by atoms with E-state index in [0.29, 0.717) is 6.04 Å². The van der Waals surface area contributed by atoms with Gasteiger partial charge in [0.05, 0.1) is 0 Å². The molecule has 2 aliphatic rings. The van der Waals surface area contributed by atoms with Crippen molar-refractivity contribution < 1.29 is 4.74 Å². The highest BCUT2D eigenvalue weighted by atomic mass is 35.5. The first-order valence-corrected chi connectivity index (χ1v) is 6.87. The molecule has 92 valence electrons. The van der Waals surface area contributed by atoms with Crippen LogP contribution in [0.2, 0.25) is 5.02 Å². The molecular weight excluding hydrogens is 234 g/mol. The van der Waals surface area contributed by atoms with Crippen LogP contribution in [0.15, 0.2) is 18.2 Å². The number of hydrogen-bond donors (Lipinski definition) is 1.